The Morgan fingerprint density at radius 2 is 1.76 bits per heavy atom. The van der Waals surface area contributed by atoms with Crippen molar-refractivity contribution in [3.8, 4) is 0 Å². The summed E-state index contributed by atoms with van der Waals surface area (Å²) < 4.78 is 14.4. The van der Waals surface area contributed by atoms with E-state index >= 15 is 0 Å². The maximum Gasteiger partial charge on any atom is 0.126 e. The Morgan fingerprint density at radius 1 is 1.00 bits per heavy atom. The summed E-state index contributed by atoms with van der Waals surface area (Å²) in [5.74, 6) is 1.40. The zero-order chi connectivity index (χ0) is 15.1. The first-order valence-corrected chi connectivity index (χ1v) is 9.02. The average molecular weight is 290 g/mol. The Labute approximate surface area is 130 Å². The number of hydrogen-bond acceptors (Lipinski definition) is 0. The molecule has 0 amide bonds. The third kappa shape index (κ3) is 4.83. The predicted molar refractivity (Wildman–Crippen MR) is 89.2 cm³/mol. The van der Waals surface area contributed by atoms with Crippen LogP contribution in [0.4, 0.5) is 4.39 Å². The first kappa shape index (κ1) is 16.5. The van der Waals surface area contributed by atoms with Crippen LogP contribution in [0.25, 0.3) is 0 Å². The van der Waals surface area contributed by atoms with Gasteiger partial charge in [0.05, 0.1) is 0 Å². The summed E-state index contributed by atoms with van der Waals surface area (Å²) in [5, 5.41) is 0. The van der Waals surface area contributed by atoms with Crippen LogP contribution in [0.1, 0.15) is 88.7 Å². The summed E-state index contributed by atoms with van der Waals surface area (Å²) in [6.45, 7) is 4.47. The van der Waals surface area contributed by atoms with E-state index in [1.54, 1.807) is 6.07 Å². The van der Waals surface area contributed by atoms with Crippen LogP contribution in [0.2, 0.25) is 0 Å². The van der Waals surface area contributed by atoms with E-state index in [-0.39, 0.29) is 5.82 Å². The number of benzene rings is 1. The van der Waals surface area contributed by atoms with Gasteiger partial charge in [0.2, 0.25) is 0 Å². The molecule has 0 unspecified atom stereocenters. The quantitative estimate of drug-likeness (QED) is 0.494. The van der Waals surface area contributed by atoms with Crippen LogP contribution in [0.3, 0.4) is 0 Å². The Bertz CT molecular complexity index is 416. The summed E-state index contributed by atoms with van der Waals surface area (Å²) in [6, 6.07) is 6.02. The first-order chi connectivity index (χ1) is 10.2. The molecule has 0 N–H and O–H groups in total. The lowest BCUT2D eigenvalue weighted by Crippen LogP contribution is -2.14. The monoisotopic (exact) mass is 290 g/mol. The van der Waals surface area contributed by atoms with Crippen molar-refractivity contribution in [2.45, 2.75) is 84.0 Å². The second-order valence-electron chi connectivity index (χ2n) is 6.82. The van der Waals surface area contributed by atoms with Crippen LogP contribution < -0.4 is 0 Å². The molecule has 0 heterocycles. The number of rotatable bonds is 7. The highest BCUT2D eigenvalue weighted by Gasteiger charge is 2.23. The number of unbranched alkanes of at least 4 members (excludes halogenated alkanes) is 2. The SMILES string of the molecule is CCCCCc1ccc([C@H]2CC[C@H](CCC)CC2)c(F)c1. The molecule has 0 spiro atoms. The van der Waals surface area contributed by atoms with Crippen LogP contribution >= 0.6 is 0 Å². The molecule has 0 aromatic heterocycles. The standard InChI is InChI=1S/C20H31F/c1-3-5-6-8-17-11-14-19(20(21)15-17)18-12-9-16(7-4-2)10-13-18/h11,14-16,18H,3-10,12-13H2,1-2H3/t16-,18-. The van der Waals surface area contributed by atoms with Gasteiger partial charge in [-0.15, -0.1) is 0 Å². The number of hydrogen-bond donors (Lipinski definition) is 0. The van der Waals surface area contributed by atoms with Crippen LogP contribution in [0.5, 0.6) is 0 Å². The van der Waals surface area contributed by atoms with Crippen molar-refractivity contribution < 1.29 is 4.39 Å². The highest BCUT2D eigenvalue weighted by molar-refractivity contribution is 5.27. The molecule has 1 aliphatic carbocycles. The molecule has 1 aromatic rings. The molecule has 1 fully saturated rings. The van der Waals surface area contributed by atoms with E-state index in [2.05, 4.69) is 26.0 Å². The minimum atomic E-state index is 0.0444. The topological polar surface area (TPSA) is 0 Å². The third-order valence-corrected chi connectivity index (χ3v) is 5.12. The maximum atomic E-state index is 14.4. The lowest BCUT2D eigenvalue weighted by atomic mass is 9.77. The van der Waals surface area contributed by atoms with Crippen LogP contribution in [0, 0.1) is 11.7 Å². The molecule has 0 bridgehead atoms. The molecule has 0 radical (unpaired) electrons. The van der Waals surface area contributed by atoms with Crippen LogP contribution in [-0.4, -0.2) is 0 Å². The van der Waals surface area contributed by atoms with Crippen molar-refractivity contribution >= 4 is 0 Å². The Kier molecular flexibility index (Phi) is 6.73. The summed E-state index contributed by atoms with van der Waals surface area (Å²) in [6.07, 6.45) is 12.2. The highest BCUT2D eigenvalue weighted by atomic mass is 19.1. The van der Waals surface area contributed by atoms with E-state index in [1.165, 1.54) is 63.4 Å². The van der Waals surface area contributed by atoms with Gasteiger partial charge in [-0.3, -0.25) is 0 Å². The summed E-state index contributed by atoms with van der Waals surface area (Å²) in [5.41, 5.74) is 2.15. The van der Waals surface area contributed by atoms with E-state index < -0.39 is 0 Å². The average Bonchev–Trinajstić information content (AvgIpc) is 2.49. The van der Waals surface area contributed by atoms with Gasteiger partial charge in [-0.05, 0) is 67.6 Å². The van der Waals surface area contributed by atoms with Crippen molar-refractivity contribution in [2.75, 3.05) is 0 Å². The van der Waals surface area contributed by atoms with Gasteiger partial charge in [0.1, 0.15) is 5.82 Å². The molecule has 1 heteroatoms. The largest absolute Gasteiger partial charge is 0.207 e. The lowest BCUT2D eigenvalue weighted by Gasteiger charge is -2.29. The van der Waals surface area contributed by atoms with Gasteiger partial charge in [0.25, 0.3) is 0 Å². The van der Waals surface area contributed by atoms with Gasteiger partial charge in [-0.1, -0.05) is 51.7 Å². The molecular formula is C20H31F. The van der Waals surface area contributed by atoms with E-state index in [0.29, 0.717) is 5.92 Å². The highest BCUT2D eigenvalue weighted by Crippen LogP contribution is 2.38. The van der Waals surface area contributed by atoms with Gasteiger partial charge < -0.3 is 0 Å². The number of halogens is 1. The summed E-state index contributed by atoms with van der Waals surface area (Å²) in [4.78, 5) is 0. The van der Waals surface area contributed by atoms with Crippen LogP contribution in [0.15, 0.2) is 18.2 Å². The molecule has 0 atom stereocenters. The normalized spacial score (nSPS) is 22.4. The van der Waals surface area contributed by atoms with E-state index in [0.717, 1.165) is 17.9 Å². The molecule has 2 rings (SSSR count). The molecule has 21 heavy (non-hydrogen) atoms. The van der Waals surface area contributed by atoms with Gasteiger partial charge >= 0.3 is 0 Å². The van der Waals surface area contributed by atoms with Crippen LogP contribution in [-0.2, 0) is 6.42 Å². The molecule has 0 aliphatic heterocycles. The Morgan fingerprint density at radius 3 is 2.38 bits per heavy atom. The second kappa shape index (κ2) is 8.56. The van der Waals surface area contributed by atoms with Gasteiger partial charge in [-0.2, -0.15) is 0 Å². The molecule has 1 aliphatic rings. The number of aryl methyl sites for hydroxylation is 1. The minimum absolute atomic E-state index is 0.0444. The zero-order valence-corrected chi connectivity index (χ0v) is 13.8. The Balaban J connectivity index is 1.92. The lowest BCUT2D eigenvalue weighted by molar-refractivity contribution is 0.304. The summed E-state index contributed by atoms with van der Waals surface area (Å²) >= 11 is 0. The van der Waals surface area contributed by atoms with Gasteiger partial charge in [0, 0.05) is 0 Å². The third-order valence-electron chi connectivity index (χ3n) is 5.12. The van der Waals surface area contributed by atoms with E-state index in [1.807, 2.05) is 0 Å². The van der Waals surface area contributed by atoms with Crippen molar-refractivity contribution in [1.82, 2.24) is 0 Å². The molecule has 0 nitrogen and oxygen atoms in total. The van der Waals surface area contributed by atoms with Gasteiger partial charge in [-0.25, -0.2) is 4.39 Å². The fourth-order valence-corrected chi connectivity index (χ4v) is 3.81. The van der Waals surface area contributed by atoms with E-state index in [9.17, 15) is 4.39 Å². The van der Waals surface area contributed by atoms with Crippen molar-refractivity contribution in [2.24, 2.45) is 5.92 Å². The predicted octanol–water partition coefficient (Wildman–Crippen LogP) is 6.63. The fraction of sp³-hybridized carbons (Fsp3) is 0.700. The van der Waals surface area contributed by atoms with E-state index in [4.69, 9.17) is 0 Å². The molecule has 0 saturated heterocycles. The van der Waals surface area contributed by atoms with Gasteiger partial charge in [0.15, 0.2) is 0 Å². The van der Waals surface area contributed by atoms with Crippen molar-refractivity contribution in [1.29, 1.82) is 0 Å². The molecule has 1 saturated carbocycles. The van der Waals surface area contributed by atoms with Crippen molar-refractivity contribution in [3.05, 3.63) is 35.1 Å². The summed E-state index contributed by atoms with van der Waals surface area (Å²) in [7, 11) is 0. The fourth-order valence-electron chi connectivity index (χ4n) is 3.81. The first-order valence-electron chi connectivity index (χ1n) is 9.02. The minimum Gasteiger partial charge on any atom is -0.207 e. The second-order valence-corrected chi connectivity index (χ2v) is 6.82. The maximum absolute atomic E-state index is 14.4. The zero-order valence-electron chi connectivity index (χ0n) is 13.8. The molecular weight excluding hydrogens is 259 g/mol. The smallest absolute Gasteiger partial charge is 0.126 e. The Hall–Kier alpha value is -0.850. The molecule has 1 aromatic carbocycles. The van der Waals surface area contributed by atoms with Crippen molar-refractivity contribution in [3.63, 3.8) is 0 Å². The molecule has 118 valence electrons.